The molecule has 0 N–H and O–H groups in total. The number of hydrogen-bond acceptors (Lipinski definition) is 2. The molecule has 0 fully saturated rings. The molecule has 1 aliphatic rings. The van der Waals surface area contributed by atoms with Gasteiger partial charge in [0.25, 0.3) is 0 Å². The smallest absolute Gasteiger partial charge is 0.0700 e. The van der Waals surface area contributed by atoms with Crippen LogP contribution in [0.2, 0.25) is 0 Å². The molecule has 0 unspecified atom stereocenters. The van der Waals surface area contributed by atoms with Gasteiger partial charge >= 0.3 is 0 Å². The van der Waals surface area contributed by atoms with Gasteiger partial charge in [0, 0.05) is 18.4 Å². The fraction of sp³-hybridized carbons (Fsp3) is 0.105. The van der Waals surface area contributed by atoms with Gasteiger partial charge in [-0.2, -0.15) is 5.10 Å². The first-order valence-electron chi connectivity index (χ1n) is 7.30. The van der Waals surface area contributed by atoms with Crippen molar-refractivity contribution in [1.29, 1.82) is 0 Å². The molecule has 0 radical (unpaired) electrons. The van der Waals surface area contributed by atoms with E-state index in [0.717, 1.165) is 13.0 Å². The molecule has 102 valence electrons. The fourth-order valence-electron chi connectivity index (χ4n) is 2.90. The number of hydrazone groups is 1. The van der Waals surface area contributed by atoms with Gasteiger partial charge in [-0.15, -0.1) is 0 Å². The third-order valence-electron chi connectivity index (χ3n) is 3.95. The number of anilines is 1. The van der Waals surface area contributed by atoms with Crippen LogP contribution in [0.5, 0.6) is 0 Å². The molecule has 21 heavy (non-hydrogen) atoms. The molecule has 0 saturated heterocycles. The third-order valence-corrected chi connectivity index (χ3v) is 3.95. The van der Waals surface area contributed by atoms with E-state index in [1.807, 2.05) is 6.07 Å². The fourth-order valence-corrected chi connectivity index (χ4v) is 2.90. The van der Waals surface area contributed by atoms with Crippen LogP contribution in [-0.4, -0.2) is 12.3 Å². The number of rotatable bonds is 2. The summed E-state index contributed by atoms with van der Waals surface area (Å²) in [6.07, 6.45) is 0.993. The Kier molecular flexibility index (Phi) is 2.93. The second-order valence-electron chi connectivity index (χ2n) is 5.28. The van der Waals surface area contributed by atoms with Gasteiger partial charge in [-0.3, -0.25) is 5.01 Å². The Morgan fingerprint density at radius 1 is 0.762 bits per heavy atom. The van der Waals surface area contributed by atoms with Crippen molar-refractivity contribution in [3.63, 3.8) is 0 Å². The maximum Gasteiger partial charge on any atom is 0.0700 e. The summed E-state index contributed by atoms with van der Waals surface area (Å²) in [7, 11) is 0. The highest BCUT2D eigenvalue weighted by atomic mass is 15.5. The Labute approximate surface area is 124 Å². The zero-order valence-electron chi connectivity index (χ0n) is 11.7. The van der Waals surface area contributed by atoms with E-state index < -0.39 is 0 Å². The zero-order chi connectivity index (χ0) is 14.1. The molecule has 0 bridgehead atoms. The predicted molar refractivity (Wildman–Crippen MR) is 88.9 cm³/mol. The van der Waals surface area contributed by atoms with E-state index in [4.69, 9.17) is 5.10 Å². The van der Waals surface area contributed by atoms with Gasteiger partial charge in [0.1, 0.15) is 0 Å². The average Bonchev–Trinajstić information content (AvgIpc) is 3.05. The number of fused-ring (bicyclic) bond motifs is 1. The summed E-state index contributed by atoms with van der Waals surface area (Å²) in [6, 6.07) is 25.3. The average molecular weight is 272 g/mol. The Morgan fingerprint density at radius 2 is 1.52 bits per heavy atom. The van der Waals surface area contributed by atoms with Crippen molar-refractivity contribution in [1.82, 2.24) is 0 Å². The lowest BCUT2D eigenvalue weighted by Crippen LogP contribution is -2.11. The van der Waals surface area contributed by atoms with Crippen LogP contribution in [0, 0.1) is 0 Å². The maximum atomic E-state index is 4.83. The second kappa shape index (κ2) is 5.06. The highest BCUT2D eigenvalue weighted by Gasteiger charge is 2.18. The minimum atomic E-state index is 0.943. The summed E-state index contributed by atoms with van der Waals surface area (Å²) in [4.78, 5) is 0. The van der Waals surface area contributed by atoms with Crippen molar-refractivity contribution in [2.45, 2.75) is 6.42 Å². The van der Waals surface area contributed by atoms with Gasteiger partial charge in [-0.1, -0.05) is 66.7 Å². The third kappa shape index (κ3) is 2.19. The van der Waals surface area contributed by atoms with E-state index in [1.54, 1.807) is 0 Å². The molecule has 3 aromatic rings. The number of nitrogens with zero attached hydrogens (tertiary/aromatic N) is 2. The summed E-state index contributed by atoms with van der Waals surface area (Å²) in [5.74, 6) is 0. The van der Waals surface area contributed by atoms with Crippen molar-refractivity contribution in [2.75, 3.05) is 11.6 Å². The lowest BCUT2D eigenvalue weighted by atomic mass is 10.1. The number of benzene rings is 3. The van der Waals surface area contributed by atoms with Gasteiger partial charge in [-0.05, 0) is 17.0 Å². The van der Waals surface area contributed by atoms with Crippen LogP contribution in [0.15, 0.2) is 77.9 Å². The van der Waals surface area contributed by atoms with Crippen LogP contribution in [0.25, 0.3) is 10.8 Å². The molecule has 0 saturated carbocycles. The highest BCUT2D eigenvalue weighted by molar-refractivity contribution is 6.04. The molecule has 4 rings (SSSR count). The summed E-state index contributed by atoms with van der Waals surface area (Å²) >= 11 is 0. The van der Waals surface area contributed by atoms with Gasteiger partial charge in [0.05, 0.1) is 11.4 Å². The van der Waals surface area contributed by atoms with Crippen LogP contribution in [-0.2, 0) is 0 Å². The van der Waals surface area contributed by atoms with Crippen LogP contribution >= 0.6 is 0 Å². The van der Waals surface area contributed by atoms with E-state index in [2.05, 4.69) is 71.7 Å². The second-order valence-corrected chi connectivity index (χ2v) is 5.28. The molecule has 0 spiro atoms. The molecule has 0 atom stereocenters. The van der Waals surface area contributed by atoms with Crippen molar-refractivity contribution in [3.05, 3.63) is 78.4 Å². The lowest BCUT2D eigenvalue weighted by Gasteiger charge is -2.16. The van der Waals surface area contributed by atoms with E-state index in [9.17, 15) is 0 Å². The minimum Gasteiger partial charge on any atom is -0.264 e. The Morgan fingerprint density at radius 3 is 2.43 bits per heavy atom. The standard InChI is InChI=1S/C19H16N2/c1-2-8-16(9-3-1)18-13-14-21(20-18)19-12-6-10-15-7-4-5-11-17(15)19/h1-12H,13-14H2. The molecule has 0 amide bonds. The molecule has 1 heterocycles. The molecular weight excluding hydrogens is 256 g/mol. The first-order chi connectivity index (χ1) is 10.4. The van der Waals surface area contributed by atoms with Crippen molar-refractivity contribution in [3.8, 4) is 0 Å². The first kappa shape index (κ1) is 12.2. The summed E-state index contributed by atoms with van der Waals surface area (Å²) in [5, 5.41) is 9.48. The van der Waals surface area contributed by atoms with Crippen LogP contribution < -0.4 is 5.01 Å². The molecule has 3 aromatic carbocycles. The topological polar surface area (TPSA) is 15.6 Å². The van der Waals surface area contributed by atoms with E-state index in [1.165, 1.54) is 27.7 Å². The molecule has 0 aliphatic carbocycles. The molecular formula is C19H16N2. The van der Waals surface area contributed by atoms with Crippen LogP contribution in [0.4, 0.5) is 5.69 Å². The van der Waals surface area contributed by atoms with Crippen molar-refractivity contribution in [2.24, 2.45) is 5.10 Å². The zero-order valence-corrected chi connectivity index (χ0v) is 11.7. The van der Waals surface area contributed by atoms with E-state index in [-0.39, 0.29) is 0 Å². The normalized spacial score (nSPS) is 14.5. The SMILES string of the molecule is c1ccc(C2=NN(c3cccc4ccccc34)CC2)cc1. The molecule has 2 heteroatoms. The Balaban J connectivity index is 1.76. The minimum absolute atomic E-state index is 0.943. The summed E-state index contributed by atoms with van der Waals surface area (Å²) < 4.78 is 0. The largest absolute Gasteiger partial charge is 0.264 e. The summed E-state index contributed by atoms with van der Waals surface area (Å²) in [6.45, 7) is 0.943. The van der Waals surface area contributed by atoms with Crippen LogP contribution in [0.1, 0.15) is 12.0 Å². The summed E-state index contributed by atoms with van der Waals surface area (Å²) in [5.41, 5.74) is 3.59. The van der Waals surface area contributed by atoms with Gasteiger partial charge in [0.15, 0.2) is 0 Å². The lowest BCUT2D eigenvalue weighted by molar-refractivity contribution is 0.927. The molecule has 1 aliphatic heterocycles. The molecule has 0 aromatic heterocycles. The predicted octanol–water partition coefficient (Wildman–Crippen LogP) is 4.45. The maximum absolute atomic E-state index is 4.83. The van der Waals surface area contributed by atoms with Gasteiger partial charge in [0.2, 0.25) is 0 Å². The van der Waals surface area contributed by atoms with E-state index in [0.29, 0.717) is 0 Å². The highest BCUT2D eigenvalue weighted by Crippen LogP contribution is 2.29. The first-order valence-corrected chi connectivity index (χ1v) is 7.30. The Hall–Kier alpha value is -2.61. The van der Waals surface area contributed by atoms with Crippen molar-refractivity contribution < 1.29 is 0 Å². The monoisotopic (exact) mass is 272 g/mol. The Bertz CT molecular complexity index is 801. The van der Waals surface area contributed by atoms with Crippen molar-refractivity contribution >= 4 is 22.2 Å². The number of hydrogen-bond donors (Lipinski definition) is 0. The quantitative estimate of drug-likeness (QED) is 0.672. The van der Waals surface area contributed by atoms with Gasteiger partial charge < -0.3 is 0 Å². The van der Waals surface area contributed by atoms with Crippen LogP contribution in [0.3, 0.4) is 0 Å². The van der Waals surface area contributed by atoms with Gasteiger partial charge in [-0.25, -0.2) is 0 Å². The molecule has 2 nitrogen and oxygen atoms in total. The van der Waals surface area contributed by atoms with E-state index >= 15 is 0 Å².